The van der Waals surface area contributed by atoms with Crippen molar-refractivity contribution in [3.05, 3.63) is 103 Å². The van der Waals surface area contributed by atoms with Gasteiger partial charge >= 0.3 is 0 Å². The molecule has 0 aromatic carbocycles. The van der Waals surface area contributed by atoms with Gasteiger partial charge in [0.25, 0.3) is 0 Å². The molecule has 8 N–H and O–H groups in total. The Morgan fingerprint density at radius 3 is 1.72 bits per heavy atom. The molecule has 2 aromatic rings. The summed E-state index contributed by atoms with van der Waals surface area (Å²) in [5.74, 6) is -3.55. The molecule has 0 spiro atoms. The highest BCUT2D eigenvalue weighted by Crippen LogP contribution is 2.46. The summed E-state index contributed by atoms with van der Waals surface area (Å²) in [4.78, 5) is 24.1. The van der Waals surface area contributed by atoms with E-state index in [9.17, 15) is 25.2 Å². The first-order valence-corrected chi connectivity index (χ1v) is 34.8. The molecule has 4 aliphatic carbocycles. The second-order valence-electron chi connectivity index (χ2n) is 28.7. The predicted octanol–water partition coefficient (Wildman–Crippen LogP) is 7.65. The van der Waals surface area contributed by atoms with Crippen LogP contribution in [-0.2, 0) is 66.4 Å². The molecule has 7 saturated heterocycles. The minimum Gasteiger partial charge on any atom is -0.394 e. The van der Waals surface area contributed by atoms with Crippen LogP contribution in [0.3, 0.4) is 0 Å². The number of aliphatic hydroxyl groups excluding tert-OH is 6. The molecule has 0 bridgehead atoms. The number of ketones is 1. The van der Waals surface area contributed by atoms with Gasteiger partial charge in [-0.3, -0.25) is 4.79 Å². The third kappa shape index (κ3) is 19.1. The highest BCUT2D eigenvalue weighted by atomic mass is 35.5. The largest absolute Gasteiger partial charge is 0.394 e. The maximum atomic E-state index is 11.4. The molecule has 0 radical (unpaired) electrons. The first-order chi connectivity index (χ1) is 46.1. The third-order valence-corrected chi connectivity index (χ3v) is 18.9. The van der Waals surface area contributed by atoms with Crippen LogP contribution in [0.15, 0.2) is 97.7 Å². The molecule has 0 amide bonds. The van der Waals surface area contributed by atoms with Crippen molar-refractivity contribution >= 4 is 28.5 Å². The summed E-state index contributed by atoms with van der Waals surface area (Å²) in [6.45, 7) is 44.9. The van der Waals surface area contributed by atoms with Crippen LogP contribution in [0.25, 0.3) is 11.2 Å². The van der Waals surface area contributed by atoms with Crippen LogP contribution in [0.1, 0.15) is 169 Å². The normalized spacial score (nSPS) is 37.4. The quantitative estimate of drug-likeness (QED) is 0.0705. The molecule has 21 atom stereocenters. The Morgan fingerprint density at radius 1 is 0.646 bits per heavy atom. The zero-order chi connectivity index (χ0) is 73.9. The Hall–Kier alpha value is -4.15. The molecule has 7 aliphatic heterocycles. The van der Waals surface area contributed by atoms with E-state index in [1.54, 1.807) is 30.6 Å². The number of ether oxygens (including phenoxy) is 13. The van der Waals surface area contributed by atoms with E-state index < -0.39 is 95.4 Å². The van der Waals surface area contributed by atoms with Gasteiger partial charge in [0.15, 0.2) is 63.7 Å². The monoisotopic (exact) mass is 1420 g/mol. The molecule has 558 valence electrons. The van der Waals surface area contributed by atoms with Gasteiger partial charge in [-0.25, -0.2) is 15.0 Å². The van der Waals surface area contributed by atoms with Crippen molar-refractivity contribution < 1.29 is 107 Å². The molecule has 13 rings (SSSR count). The molecule has 2 aromatic heterocycles. The SMILES string of the molecule is C=C[C@@H]1OC(C)(C)O[C@@H]1C(O)(C=C)CC.C=C[C@@H]1OC(C)(C)O[C@@H]1C(O)CC.CCC1(O)C=C[C@@H]2OC(C)(C)O[C@@H]21.CCC1=CC(=O)[C@@H]2OC(C)(C)O[C@H]12.CCC1=C[C@@H](n2cnc3c(Cl)ncnc32)[C@@H]2OC(C)(C)O[C@H]12.CCC1=C[C@H](O)[C@@H]2OC(C)(C)O[C@H]12.OC[C@H]1OC(O)[C@H](O)[C@@H]1O. The summed E-state index contributed by atoms with van der Waals surface area (Å²) >= 11 is 6.09. The number of fused-ring (bicyclic) bond motifs is 5. The van der Waals surface area contributed by atoms with Gasteiger partial charge < -0.3 is 107 Å². The summed E-state index contributed by atoms with van der Waals surface area (Å²) in [6.07, 6.45) is 13.9. The molecule has 26 nitrogen and oxygen atoms in total. The van der Waals surface area contributed by atoms with Crippen molar-refractivity contribution in [2.45, 2.75) is 325 Å². The number of aliphatic hydroxyl groups is 8. The van der Waals surface area contributed by atoms with Crippen LogP contribution in [0, 0.1) is 0 Å². The molecule has 4 unspecified atom stereocenters. The maximum absolute atomic E-state index is 11.4. The molecule has 9 heterocycles. The molecule has 11 aliphatic rings. The van der Waals surface area contributed by atoms with Gasteiger partial charge in [0.2, 0.25) is 0 Å². The standard InChI is InChI=1S/C15H17ClN4O2.C12H20O3.2C10H16O3.C10H14O3.C10H18O3.C5H10O5/c1-4-8-5-9(12-11(8)21-15(2,3)22-12)20-7-19-10-13(16)17-6-18-14(10)20;1-6-9-10(12(13,7-2)8-3)15-11(4,5)14-9;1-4-10(11)6-5-7-8(10)13-9(2,3)12-7;2*1-4-6-5-7(11)9-8(6)12-10(2,3)13-9;1-5-7(11)9-8(6-2)12-10(3,4)13-9;6-1-2-3(7)4(8)5(9)10-2/h5-7,9,11-12H,4H2,1-3H3;6-7,9-10,13H,1-2,8H2,3-5H3;5-8,11H,4H2,1-3H3;5,7-9,11H,4H2,1-3H3;5,8-9H,4H2,1-3H3;6-9,11H,2,5H2,1,3-4H3;2-9H,1H2/t9-,11-,12+;9-,10-,12?;7-,8-,10?;7-,8+,9-;8-,9+;7?,8-,9+;2-,3-,4-,5?/m1000101/s1. The van der Waals surface area contributed by atoms with Gasteiger partial charge in [-0.1, -0.05) is 95.7 Å². The number of halogens is 1. The van der Waals surface area contributed by atoms with Crippen LogP contribution < -0.4 is 0 Å². The second kappa shape index (κ2) is 32.5. The average molecular weight is 1420 g/mol. The average Bonchev–Trinajstić information content (AvgIpc) is 1.59. The number of hydrogen-bond donors (Lipinski definition) is 8. The third-order valence-electron chi connectivity index (χ3n) is 18.6. The Labute approximate surface area is 587 Å². The number of carbonyl (C=O) groups excluding carboxylic acids is 1. The van der Waals surface area contributed by atoms with Gasteiger partial charge in [0.1, 0.15) is 115 Å². The van der Waals surface area contributed by atoms with Crippen molar-refractivity contribution in [2.75, 3.05) is 6.61 Å². The summed E-state index contributed by atoms with van der Waals surface area (Å²) < 4.78 is 74.8. The first-order valence-electron chi connectivity index (χ1n) is 34.4. The number of carbonyl (C=O) groups is 1. The van der Waals surface area contributed by atoms with E-state index in [0.717, 1.165) is 30.4 Å². The highest BCUT2D eigenvalue weighted by molar-refractivity contribution is 6.33. The molecule has 7 fully saturated rings. The Kier molecular flexibility index (Phi) is 26.9. The van der Waals surface area contributed by atoms with E-state index in [0.29, 0.717) is 35.6 Å². The van der Waals surface area contributed by atoms with Crippen molar-refractivity contribution in [1.29, 1.82) is 0 Å². The highest BCUT2D eigenvalue weighted by Gasteiger charge is 2.55. The van der Waals surface area contributed by atoms with Crippen LogP contribution in [0.5, 0.6) is 0 Å². The minimum atomic E-state index is -1.38. The van der Waals surface area contributed by atoms with Gasteiger partial charge in [0, 0.05) is 0 Å². The van der Waals surface area contributed by atoms with Crippen LogP contribution in [0.2, 0.25) is 5.15 Å². The lowest BCUT2D eigenvalue weighted by Gasteiger charge is -2.31. The fourth-order valence-corrected chi connectivity index (χ4v) is 13.7. The Bertz CT molecular complexity index is 3210. The minimum absolute atomic E-state index is 0.00214. The smallest absolute Gasteiger partial charge is 0.187 e. The lowest BCUT2D eigenvalue weighted by Crippen LogP contribution is -2.45. The fraction of sp³-hybridized carbons (Fsp3) is 0.722. The van der Waals surface area contributed by atoms with Gasteiger partial charge in [-0.05, 0) is 144 Å². The second-order valence-corrected chi connectivity index (χ2v) is 29.0. The van der Waals surface area contributed by atoms with E-state index in [2.05, 4.69) is 59.3 Å². The molecular weight excluding hydrogens is 1310 g/mol. The van der Waals surface area contributed by atoms with E-state index in [4.69, 9.17) is 88.9 Å². The summed E-state index contributed by atoms with van der Waals surface area (Å²) in [5.41, 5.74) is 2.89. The predicted molar refractivity (Wildman–Crippen MR) is 365 cm³/mol. The topological polar surface area (TPSA) is 342 Å². The van der Waals surface area contributed by atoms with Crippen LogP contribution in [-0.4, -0.2) is 229 Å². The van der Waals surface area contributed by atoms with E-state index >= 15 is 0 Å². The lowest BCUT2D eigenvalue weighted by atomic mass is 9.90. The summed E-state index contributed by atoms with van der Waals surface area (Å²) in [7, 11) is 0. The molecule has 99 heavy (non-hydrogen) atoms. The first kappa shape index (κ1) is 82.1. The van der Waals surface area contributed by atoms with Gasteiger partial charge in [-0.2, -0.15) is 0 Å². The zero-order valence-corrected chi connectivity index (χ0v) is 61.5. The van der Waals surface area contributed by atoms with Gasteiger partial charge in [0.05, 0.1) is 25.1 Å². The zero-order valence-electron chi connectivity index (χ0n) is 60.8. The Balaban J connectivity index is 0.000000165. The van der Waals surface area contributed by atoms with Crippen LogP contribution >= 0.6 is 11.6 Å². The lowest BCUT2D eigenvalue weighted by molar-refractivity contribution is -0.164. The number of aromatic nitrogens is 4. The molecule has 0 saturated carbocycles. The van der Waals surface area contributed by atoms with Crippen LogP contribution in [0.4, 0.5) is 0 Å². The molecule has 27 heteroatoms. The summed E-state index contributed by atoms with van der Waals surface area (Å²) in [6, 6.07) is -0.00214. The van der Waals surface area contributed by atoms with Crippen molar-refractivity contribution in [2.24, 2.45) is 0 Å². The maximum Gasteiger partial charge on any atom is 0.187 e. The fourth-order valence-electron chi connectivity index (χ4n) is 13.5. The number of imidazole rings is 1. The van der Waals surface area contributed by atoms with Crippen molar-refractivity contribution in [1.82, 2.24) is 19.5 Å². The van der Waals surface area contributed by atoms with E-state index in [1.807, 2.05) is 127 Å². The van der Waals surface area contributed by atoms with Crippen molar-refractivity contribution in [3.63, 3.8) is 0 Å². The Morgan fingerprint density at radius 2 is 1.18 bits per heavy atom. The van der Waals surface area contributed by atoms with E-state index in [-0.39, 0.29) is 79.0 Å². The van der Waals surface area contributed by atoms with Gasteiger partial charge in [-0.15, -0.1) is 19.7 Å². The molecular formula is C72H111ClN4O22. The number of rotatable bonds is 13. The van der Waals surface area contributed by atoms with Crippen molar-refractivity contribution in [3.8, 4) is 0 Å². The van der Waals surface area contributed by atoms with E-state index in [1.165, 1.54) is 18.0 Å². The summed E-state index contributed by atoms with van der Waals surface area (Å²) in [5, 5.41) is 75.0. The number of hydrogen-bond acceptors (Lipinski definition) is 25. The number of nitrogens with zero attached hydrogens (tertiary/aromatic N) is 4.